The molecule has 1 amide bonds. The second-order valence-electron chi connectivity index (χ2n) is 4.48. The highest BCUT2D eigenvalue weighted by Gasteiger charge is 2.13. The van der Waals surface area contributed by atoms with Gasteiger partial charge in [-0.05, 0) is 24.3 Å². The van der Waals surface area contributed by atoms with Crippen molar-refractivity contribution < 1.29 is 24.1 Å². The Kier molecular flexibility index (Phi) is 5.63. The van der Waals surface area contributed by atoms with Crippen LogP contribution >= 0.6 is 11.3 Å². The average Bonchev–Trinajstić information content (AvgIpc) is 3.10. The SMILES string of the molecule is COC(=O)c1ccc(NC(=O)O/N=C(/N)c2csc([N+](=O)[O-])c2)cc1. The summed E-state index contributed by atoms with van der Waals surface area (Å²) in [6.07, 6.45) is -0.918. The van der Waals surface area contributed by atoms with Crippen molar-refractivity contribution >= 4 is 39.9 Å². The molecule has 1 heterocycles. The van der Waals surface area contributed by atoms with E-state index in [2.05, 4.69) is 20.0 Å². The molecule has 0 bridgehead atoms. The van der Waals surface area contributed by atoms with Crippen molar-refractivity contribution in [2.75, 3.05) is 12.4 Å². The number of ether oxygens (including phenoxy) is 1. The van der Waals surface area contributed by atoms with Crippen molar-refractivity contribution in [3.05, 3.63) is 57.0 Å². The highest BCUT2D eigenvalue weighted by atomic mass is 32.1. The summed E-state index contributed by atoms with van der Waals surface area (Å²) in [4.78, 5) is 37.6. The zero-order valence-electron chi connectivity index (χ0n) is 12.8. The van der Waals surface area contributed by atoms with Gasteiger partial charge in [-0.1, -0.05) is 16.5 Å². The van der Waals surface area contributed by atoms with E-state index in [1.165, 1.54) is 42.8 Å². The Morgan fingerprint density at radius 2 is 1.96 bits per heavy atom. The van der Waals surface area contributed by atoms with Crippen LogP contribution in [0.5, 0.6) is 0 Å². The van der Waals surface area contributed by atoms with Gasteiger partial charge >= 0.3 is 17.1 Å². The molecule has 0 aliphatic carbocycles. The minimum atomic E-state index is -0.918. The summed E-state index contributed by atoms with van der Waals surface area (Å²) >= 11 is 0.875. The molecule has 0 atom stereocenters. The molecule has 25 heavy (non-hydrogen) atoms. The van der Waals surface area contributed by atoms with Gasteiger partial charge in [-0.2, -0.15) is 0 Å². The molecular weight excluding hydrogens is 352 g/mol. The minimum absolute atomic E-state index is 0.108. The zero-order valence-corrected chi connectivity index (χ0v) is 13.6. The number of nitrogens with one attached hydrogen (secondary N) is 1. The molecule has 1 aromatic carbocycles. The maximum absolute atomic E-state index is 11.6. The lowest BCUT2D eigenvalue weighted by Gasteiger charge is -2.04. The van der Waals surface area contributed by atoms with Gasteiger partial charge in [0.1, 0.15) is 0 Å². The fourth-order valence-corrected chi connectivity index (χ4v) is 2.36. The smallest absolute Gasteiger partial charge is 0.437 e. The van der Waals surface area contributed by atoms with Gasteiger partial charge in [-0.25, -0.2) is 9.59 Å². The molecule has 0 spiro atoms. The number of oxime groups is 1. The summed E-state index contributed by atoms with van der Waals surface area (Å²) in [6.45, 7) is 0. The third kappa shape index (κ3) is 4.75. The summed E-state index contributed by atoms with van der Waals surface area (Å²) in [6, 6.07) is 7.09. The number of benzene rings is 1. The fourth-order valence-electron chi connectivity index (χ4n) is 1.65. The second kappa shape index (κ2) is 7.88. The van der Waals surface area contributed by atoms with Crippen LogP contribution in [0, 0.1) is 10.1 Å². The molecule has 0 saturated carbocycles. The summed E-state index contributed by atoms with van der Waals surface area (Å²) < 4.78 is 4.56. The standard InChI is InChI=1S/C14H12N4O6S/c1-23-13(19)8-2-4-10(5-3-8)16-14(20)24-17-12(15)9-6-11(18(21)22)25-7-9/h2-7H,1H3,(H2,15,17)(H,16,20). The highest BCUT2D eigenvalue weighted by Crippen LogP contribution is 2.22. The molecule has 0 fully saturated rings. The van der Waals surface area contributed by atoms with Gasteiger partial charge < -0.3 is 10.5 Å². The molecule has 10 nitrogen and oxygen atoms in total. The number of carbonyl (C=O) groups excluding carboxylic acids is 2. The maximum atomic E-state index is 11.6. The molecule has 3 N–H and O–H groups in total. The molecular formula is C14H12N4O6S. The summed E-state index contributed by atoms with van der Waals surface area (Å²) in [7, 11) is 1.26. The lowest BCUT2D eigenvalue weighted by Crippen LogP contribution is -2.17. The van der Waals surface area contributed by atoms with E-state index in [1.807, 2.05) is 0 Å². The number of methoxy groups -OCH3 is 1. The van der Waals surface area contributed by atoms with Crippen molar-refractivity contribution in [3.8, 4) is 0 Å². The van der Waals surface area contributed by atoms with E-state index in [-0.39, 0.29) is 16.4 Å². The number of nitro groups is 1. The van der Waals surface area contributed by atoms with Crippen LogP contribution in [0.3, 0.4) is 0 Å². The van der Waals surface area contributed by atoms with E-state index in [0.717, 1.165) is 11.3 Å². The third-order valence-corrected chi connectivity index (χ3v) is 3.72. The quantitative estimate of drug-likeness (QED) is 0.207. The van der Waals surface area contributed by atoms with Gasteiger partial charge in [0.2, 0.25) is 0 Å². The van der Waals surface area contributed by atoms with Gasteiger partial charge in [0.05, 0.1) is 17.6 Å². The van der Waals surface area contributed by atoms with E-state index < -0.39 is 17.0 Å². The van der Waals surface area contributed by atoms with E-state index >= 15 is 0 Å². The first kappa shape index (κ1) is 17.9. The van der Waals surface area contributed by atoms with Crippen molar-refractivity contribution in [1.29, 1.82) is 0 Å². The lowest BCUT2D eigenvalue weighted by molar-refractivity contribution is -0.380. The van der Waals surface area contributed by atoms with E-state index in [4.69, 9.17) is 5.73 Å². The Morgan fingerprint density at radius 1 is 1.28 bits per heavy atom. The Hall–Kier alpha value is -3.47. The molecule has 0 aliphatic heterocycles. The molecule has 130 valence electrons. The van der Waals surface area contributed by atoms with E-state index in [1.54, 1.807) is 0 Å². The number of amidine groups is 1. The number of nitrogens with zero attached hydrogens (tertiary/aromatic N) is 2. The number of carbonyl (C=O) groups is 2. The molecule has 0 aliphatic rings. The lowest BCUT2D eigenvalue weighted by atomic mass is 10.2. The van der Waals surface area contributed by atoms with Gasteiger partial charge in [-0.15, -0.1) is 0 Å². The number of esters is 1. The largest absolute Gasteiger partial charge is 0.465 e. The molecule has 0 unspecified atom stereocenters. The van der Waals surface area contributed by atoms with E-state index in [0.29, 0.717) is 11.3 Å². The first-order valence-corrected chi connectivity index (χ1v) is 7.52. The van der Waals surface area contributed by atoms with Crippen molar-refractivity contribution in [1.82, 2.24) is 0 Å². The third-order valence-electron chi connectivity index (χ3n) is 2.84. The highest BCUT2D eigenvalue weighted by molar-refractivity contribution is 7.13. The monoisotopic (exact) mass is 364 g/mol. The van der Waals surface area contributed by atoms with Crippen LogP contribution < -0.4 is 11.1 Å². The summed E-state index contributed by atoms with van der Waals surface area (Å²) in [5, 5.41) is 17.7. The number of nitrogens with two attached hydrogens (primary N) is 1. The number of hydrogen-bond acceptors (Lipinski definition) is 8. The summed E-state index contributed by atoms with van der Waals surface area (Å²) in [5.41, 5.74) is 6.55. The van der Waals surface area contributed by atoms with E-state index in [9.17, 15) is 19.7 Å². The molecule has 0 saturated heterocycles. The van der Waals surface area contributed by atoms with Crippen LogP contribution in [0.4, 0.5) is 15.5 Å². The maximum Gasteiger partial charge on any atom is 0.437 e. The molecule has 2 rings (SSSR count). The zero-order chi connectivity index (χ0) is 18.4. The number of amides is 1. The predicted molar refractivity (Wildman–Crippen MR) is 89.6 cm³/mol. The summed E-state index contributed by atoms with van der Waals surface area (Å²) in [5.74, 6) is -0.683. The van der Waals surface area contributed by atoms with Crippen molar-refractivity contribution in [2.24, 2.45) is 10.9 Å². The predicted octanol–water partition coefficient (Wildman–Crippen LogP) is 2.31. The van der Waals surface area contributed by atoms with Crippen LogP contribution in [-0.4, -0.2) is 29.9 Å². The van der Waals surface area contributed by atoms with Crippen LogP contribution in [0.1, 0.15) is 15.9 Å². The van der Waals surface area contributed by atoms with Gasteiger partial charge in [0.15, 0.2) is 5.84 Å². The van der Waals surface area contributed by atoms with Gasteiger partial charge in [0.25, 0.3) is 0 Å². The first-order valence-electron chi connectivity index (χ1n) is 6.64. The van der Waals surface area contributed by atoms with Crippen LogP contribution in [0.2, 0.25) is 0 Å². The van der Waals surface area contributed by atoms with Gasteiger partial charge in [-0.3, -0.25) is 20.3 Å². The van der Waals surface area contributed by atoms with Crippen LogP contribution in [0.15, 0.2) is 40.9 Å². The normalized spacial score (nSPS) is 10.8. The van der Waals surface area contributed by atoms with Gasteiger partial charge in [0, 0.05) is 22.7 Å². The van der Waals surface area contributed by atoms with Crippen LogP contribution in [-0.2, 0) is 9.57 Å². The molecule has 0 radical (unpaired) electrons. The number of rotatable bonds is 5. The minimum Gasteiger partial charge on any atom is -0.465 e. The number of hydrogen-bond donors (Lipinski definition) is 2. The topological polar surface area (TPSA) is 146 Å². The van der Waals surface area contributed by atoms with Crippen molar-refractivity contribution in [3.63, 3.8) is 0 Å². The Balaban J connectivity index is 1.95. The molecule has 1 aromatic heterocycles. The number of thiophene rings is 1. The van der Waals surface area contributed by atoms with Crippen LogP contribution in [0.25, 0.3) is 0 Å². The first-order chi connectivity index (χ1) is 11.9. The fraction of sp³-hybridized carbons (Fsp3) is 0.0714. The second-order valence-corrected chi connectivity index (χ2v) is 5.37. The Labute approximate surface area is 145 Å². The number of anilines is 1. The Bertz CT molecular complexity index is 830. The molecule has 2 aromatic rings. The Morgan fingerprint density at radius 3 is 2.52 bits per heavy atom. The van der Waals surface area contributed by atoms with Crippen molar-refractivity contribution in [2.45, 2.75) is 0 Å². The average molecular weight is 364 g/mol. The molecule has 11 heteroatoms.